The van der Waals surface area contributed by atoms with Crippen LogP contribution < -0.4 is 5.32 Å². The van der Waals surface area contributed by atoms with E-state index in [0.717, 1.165) is 19.6 Å². The molecule has 1 aromatic rings. The average Bonchev–Trinajstić information content (AvgIpc) is 2.54. The number of methoxy groups -OCH3 is 1. The fourth-order valence-electron chi connectivity index (χ4n) is 2.28. The first-order valence-electron chi connectivity index (χ1n) is 7.01. The van der Waals surface area contributed by atoms with Crippen molar-refractivity contribution in [2.24, 2.45) is 0 Å². The number of anilines is 1. The molecule has 1 N–H and O–H groups in total. The zero-order valence-electron chi connectivity index (χ0n) is 12.2. The molecule has 6 heteroatoms. The quantitative estimate of drug-likeness (QED) is 0.908. The van der Waals surface area contributed by atoms with E-state index < -0.39 is 0 Å². The maximum atomic E-state index is 12.2. The maximum absolute atomic E-state index is 12.2. The summed E-state index contributed by atoms with van der Waals surface area (Å²) in [5.41, 5.74) is 1.04. The van der Waals surface area contributed by atoms with Crippen molar-refractivity contribution in [1.82, 2.24) is 9.80 Å². The first kappa shape index (κ1) is 15.3. The van der Waals surface area contributed by atoms with Crippen LogP contribution in [0.25, 0.3) is 0 Å². The van der Waals surface area contributed by atoms with Crippen molar-refractivity contribution in [2.75, 3.05) is 51.8 Å². The van der Waals surface area contributed by atoms with Gasteiger partial charge in [-0.05, 0) is 12.1 Å². The molecule has 0 aromatic heterocycles. The van der Waals surface area contributed by atoms with Crippen molar-refractivity contribution in [3.8, 4) is 6.07 Å². The molecule has 0 atom stereocenters. The van der Waals surface area contributed by atoms with Gasteiger partial charge < -0.3 is 15.0 Å². The number of urea groups is 1. The molecule has 0 saturated carbocycles. The van der Waals surface area contributed by atoms with Crippen molar-refractivity contribution in [1.29, 1.82) is 5.26 Å². The molecule has 1 aliphatic rings. The van der Waals surface area contributed by atoms with Crippen LogP contribution in [0.15, 0.2) is 24.3 Å². The molecule has 0 radical (unpaired) electrons. The molecular formula is C15H20N4O2. The summed E-state index contributed by atoms with van der Waals surface area (Å²) in [7, 11) is 1.69. The van der Waals surface area contributed by atoms with E-state index in [-0.39, 0.29) is 6.03 Å². The molecule has 1 fully saturated rings. The molecule has 1 aromatic carbocycles. The predicted octanol–water partition coefficient (Wildman–Crippen LogP) is 1.35. The fourth-order valence-corrected chi connectivity index (χ4v) is 2.28. The highest BCUT2D eigenvalue weighted by atomic mass is 16.5. The van der Waals surface area contributed by atoms with Crippen LogP contribution in [-0.4, -0.2) is 62.3 Å². The second kappa shape index (κ2) is 7.62. The number of carbonyl (C=O) groups is 1. The third kappa shape index (κ3) is 4.18. The minimum atomic E-state index is -0.149. The monoisotopic (exact) mass is 288 g/mol. The smallest absolute Gasteiger partial charge is 0.321 e. The standard InChI is InChI=1S/C15H20N4O2/c1-21-11-10-18-6-8-19(9-7-18)15(20)17-14-5-3-2-4-13(14)12-16/h2-5H,6-11H2,1H3,(H,17,20). The molecule has 2 rings (SSSR count). The number of nitrogens with zero attached hydrogens (tertiary/aromatic N) is 3. The topological polar surface area (TPSA) is 68.6 Å². The molecule has 21 heavy (non-hydrogen) atoms. The number of piperazine rings is 1. The summed E-state index contributed by atoms with van der Waals surface area (Å²) in [4.78, 5) is 16.3. The maximum Gasteiger partial charge on any atom is 0.321 e. The van der Waals surface area contributed by atoms with Crippen molar-refractivity contribution in [3.05, 3.63) is 29.8 Å². The van der Waals surface area contributed by atoms with Crippen LogP contribution in [0.1, 0.15) is 5.56 Å². The third-order valence-corrected chi connectivity index (χ3v) is 3.56. The van der Waals surface area contributed by atoms with E-state index in [1.807, 2.05) is 0 Å². The van der Waals surface area contributed by atoms with E-state index in [1.54, 1.807) is 36.3 Å². The molecule has 0 aliphatic carbocycles. The number of para-hydroxylation sites is 1. The number of hydrogen-bond donors (Lipinski definition) is 1. The molecule has 6 nitrogen and oxygen atoms in total. The number of carbonyl (C=O) groups excluding carboxylic acids is 1. The van der Waals surface area contributed by atoms with Crippen LogP contribution in [0.2, 0.25) is 0 Å². The Kier molecular flexibility index (Phi) is 5.55. The van der Waals surface area contributed by atoms with Gasteiger partial charge in [-0.15, -0.1) is 0 Å². The first-order chi connectivity index (χ1) is 10.2. The molecule has 1 saturated heterocycles. The Hall–Kier alpha value is -2.10. The Labute approximate surface area is 124 Å². The van der Waals surface area contributed by atoms with Crippen LogP contribution in [0.3, 0.4) is 0 Å². The van der Waals surface area contributed by atoms with Gasteiger partial charge in [0.2, 0.25) is 0 Å². The molecule has 112 valence electrons. The summed E-state index contributed by atoms with van der Waals surface area (Å²) in [5.74, 6) is 0. The van der Waals surface area contributed by atoms with Crippen LogP contribution >= 0.6 is 0 Å². The van der Waals surface area contributed by atoms with E-state index in [9.17, 15) is 4.79 Å². The zero-order valence-corrected chi connectivity index (χ0v) is 12.2. The van der Waals surface area contributed by atoms with Gasteiger partial charge >= 0.3 is 6.03 Å². The van der Waals surface area contributed by atoms with E-state index in [1.165, 1.54) is 0 Å². The van der Waals surface area contributed by atoms with Gasteiger partial charge in [0.1, 0.15) is 6.07 Å². The fraction of sp³-hybridized carbons (Fsp3) is 0.467. The van der Waals surface area contributed by atoms with Gasteiger partial charge in [-0.25, -0.2) is 4.79 Å². The highest BCUT2D eigenvalue weighted by Crippen LogP contribution is 2.14. The Morgan fingerprint density at radius 2 is 2.05 bits per heavy atom. The van der Waals surface area contributed by atoms with Gasteiger partial charge in [0.25, 0.3) is 0 Å². The third-order valence-electron chi connectivity index (χ3n) is 3.56. The number of benzene rings is 1. The lowest BCUT2D eigenvalue weighted by molar-refractivity contribution is 0.109. The van der Waals surface area contributed by atoms with Crippen molar-refractivity contribution in [2.45, 2.75) is 0 Å². The number of nitriles is 1. The first-order valence-corrected chi connectivity index (χ1v) is 7.01. The van der Waals surface area contributed by atoms with Gasteiger partial charge in [0.15, 0.2) is 0 Å². The van der Waals surface area contributed by atoms with Gasteiger partial charge in [0.05, 0.1) is 17.9 Å². The average molecular weight is 288 g/mol. The van der Waals surface area contributed by atoms with Gasteiger partial charge in [0, 0.05) is 39.8 Å². The molecule has 0 unspecified atom stereocenters. The number of ether oxygens (including phenoxy) is 1. The van der Waals surface area contributed by atoms with Crippen LogP contribution in [0.5, 0.6) is 0 Å². The second-order valence-corrected chi connectivity index (χ2v) is 4.91. The Morgan fingerprint density at radius 3 is 2.71 bits per heavy atom. The summed E-state index contributed by atoms with van der Waals surface area (Å²) >= 11 is 0. The molecule has 1 aliphatic heterocycles. The summed E-state index contributed by atoms with van der Waals surface area (Å²) < 4.78 is 5.06. The highest BCUT2D eigenvalue weighted by Gasteiger charge is 2.21. The molecule has 0 bridgehead atoms. The summed E-state index contributed by atoms with van der Waals surface area (Å²) in [5, 5.41) is 11.8. The summed E-state index contributed by atoms with van der Waals surface area (Å²) in [6.45, 7) is 4.66. The number of amides is 2. The second-order valence-electron chi connectivity index (χ2n) is 4.91. The lowest BCUT2D eigenvalue weighted by atomic mass is 10.2. The van der Waals surface area contributed by atoms with Crippen LogP contribution in [0.4, 0.5) is 10.5 Å². The Morgan fingerprint density at radius 1 is 1.33 bits per heavy atom. The van der Waals surface area contributed by atoms with Gasteiger partial charge in [-0.3, -0.25) is 4.90 Å². The van der Waals surface area contributed by atoms with Crippen LogP contribution in [-0.2, 0) is 4.74 Å². The molecule has 1 heterocycles. The highest BCUT2D eigenvalue weighted by molar-refractivity contribution is 5.90. The molecular weight excluding hydrogens is 268 g/mol. The molecule has 0 spiro atoms. The number of hydrogen-bond acceptors (Lipinski definition) is 4. The zero-order chi connectivity index (χ0) is 15.1. The van der Waals surface area contributed by atoms with E-state index in [4.69, 9.17) is 10.00 Å². The molecule has 2 amide bonds. The van der Waals surface area contributed by atoms with Crippen LogP contribution in [0, 0.1) is 11.3 Å². The summed E-state index contributed by atoms with van der Waals surface area (Å²) in [6.07, 6.45) is 0. The minimum Gasteiger partial charge on any atom is -0.383 e. The number of rotatable bonds is 4. The largest absolute Gasteiger partial charge is 0.383 e. The van der Waals surface area contributed by atoms with Gasteiger partial charge in [-0.2, -0.15) is 5.26 Å². The SMILES string of the molecule is COCCN1CCN(C(=O)Nc2ccccc2C#N)CC1. The lowest BCUT2D eigenvalue weighted by Gasteiger charge is -2.34. The van der Waals surface area contributed by atoms with E-state index >= 15 is 0 Å². The lowest BCUT2D eigenvalue weighted by Crippen LogP contribution is -2.50. The van der Waals surface area contributed by atoms with Crippen molar-refractivity contribution >= 4 is 11.7 Å². The minimum absolute atomic E-state index is 0.149. The van der Waals surface area contributed by atoms with E-state index in [2.05, 4.69) is 16.3 Å². The normalized spacial score (nSPS) is 15.5. The van der Waals surface area contributed by atoms with E-state index in [0.29, 0.717) is 30.9 Å². The number of nitrogens with one attached hydrogen (secondary N) is 1. The predicted molar refractivity (Wildman–Crippen MR) is 80.1 cm³/mol. The Balaban J connectivity index is 1.86. The summed E-state index contributed by atoms with van der Waals surface area (Å²) in [6, 6.07) is 8.95. The van der Waals surface area contributed by atoms with Crippen molar-refractivity contribution in [3.63, 3.8) is 0 Å². The Bertz CT molecular complexity index is 519. The van der Waals surface area contributed by atoms with Gasteiger partial charge in [-0.1, -0.05) is 12.1 Å². The van der Waals surface area contributed by atoms with Crippen molar-refractivity contribution < 1.29 is 9.53 Å².